The monoisotopic (exact) mass is 218 g/mol. The molecular formula is C13H18N2O. The van der Waals surface area contributed by atoms with Crippen molar-refractivity contribution in [3.05, 3.63) is 29.1 Å². The molecule has 0 radical (unpaired) electrons. The molecule has 3 nitrogen and oxygen atoms in total. The first kappa shape index (κ1) is 11.1. The van der Waals surface area contributed by atoms with Gasteiger partial charge < -0.3 is 0 Å². The van der Waals surface area contributed by atoms with Crippen LogP contribution in [0.15, 0.2) is 17.7 Å². The van der Waals surface area contributed by atoms with Gasteiger partial charge in [-0.3, -0.25) is 9.48 Å². The minimum absolute atomic E-state index is 0.284. The molecule has 2 rings (SSSR count). The summed E-state index contributed by atoms with van der Waals surface area (Å²) in [4.78, 5) is 11.5. The van der Waals surface area contributed by atoms with Crippen molar-refractivity contribution in [3.63, 3.8) is 0 Å². The third-order valence-corrected chi connectivity index (χ3v) is 3.04. The Labute approximate surface area is 96.2 Å². The maximum absolute atomic E-state index is 11.5. The van der Waals surface area contributed by atoms with E-state index in [9.17, 15) is 4.79 Å². The summed E-state index contributed by atoms with van der Waals surface area (Å²) in [5.41, 5.74) is 3.49. The van der Waals surface area contributed by atoms with Gasteiger partial charge in [0.25, 0.3) is 0 Å². The van der Waals surface area contributed by atoms with Crippen molar-refractivity contribution in [1.29, 1.82) is 0 Å². The fourth-order valence-electron chi connectivity index (χ4n) is 2.23. The summed E-state index contributed by atoms with van der Waals surface area (Å²) in [5.74, 6) is 0.284. The fourth-order valence-corrected chi connectivity index (χ4v) is 2.23. The number of ketones is 1. The molecule has 16 heavy (non-hydrogen) atoms. The Hall–Kier alpha value is -1.38. The Bertz CT molecular complexity index is 429. The highest BCUT2D eigenvalue weighted by atomic mass is 16.1. The van der Waals surface area contributed by atoms with Gasteiger partial charge in [-0.25, -0.2) is 0 Å². The van der Waals surface area contributed by atoms with Crippen molar-refractivity contribution >= 4 is 5.78 Å². The van der Waals surface area contributed by atoms with Crippen LogP contribution >= 0.6 is 0 Å². The summed E-state index contributed by atoms with van der Waals surface area (Å²) in [5, 5.41) is 4.32. The smallest absolute Gasteiger partial charge is 0.155 e. The van der Waals surface area contributed by atoms with E-state index in [1.165, 1.54) is 11.3 Å². The van der Waals surface area contributed by atoms with Crippen molar-refractivity contribution < 1.29 is 4.79 Å². The SMILES string of the molecule is Cc1cc(CC2=CC(=O)CCCC2)n(C)n1. The Morgan fingerprint density at radius 3 is 2.81 bits per heavy atom. The number of carbonyl (C=O) groups is 1. The number of rotatable bonds is 2. The van der Waals surface area contributed by atoms with E-state index in [0.717, 1.165) is 31.4 Å². The molecule has 0 spiro atoms. The average molecular weight is 218 g/mol. The first-order valence-corrected chi connectivity index (χ1v) is 5.87. The van der Waals surface area contributed by atoms with E-state index in [1.54, 1.807) is 0 Å². The maximum atomic E-state index is 11.5. The van der Waals surface area contributed by atoms with E-state index in [0.29, 0.717) is 6.42 Å². The largest absolute Gasteiger partial charge is 0.295 e. The van der Waals surface area contributed by atoms with E-state index < -0.39 is 0 Å². The quantitative estimate of drug-likeness (QED) is 0.763. The van der Waals surface area contributed by atoms with Crippen LogP contribution in [-0.4, -0.2) is 15.6 Å². The first-order chi connectivity index (χ1) is 7.65. The highest BCUT2D eigenvalue weighted by Gasteiger charge is 2.11. The number of hydrogen-bond acceptors (Lipinski definition) is 2. The molecule has 0 unspecified atom stereocenters. The zero-order valence-electron chi connectivity index (χ0n) is 9.99. The van der Waals surface area contributed by atoms with Gasteiger partial charge in [0, 0.05) is 25.6 Å². The number of aryl methyl sites for hydroxylation is 2. The van der Waals surface area contributed by atoms with Crippen LogP contribution in [0.5, 0.6) is 0 Å². The molecule has 0 saturated carbocycles. The summed E-state index contributed by atoms with van der Waals surface area (Å²) in [7, 11) is 1.96. The van der Waals surface area contributed by atoms with Gasteiger partial charge in [-0.05, 0) is 38.3 Å². The van der Waals surface area contributed by atoms with E-state index in [1.807, 2.05) is 24.7 Å². The standard InChI is InChI=1S/C13H18N2O/c1-10-7-12(15(2)14-10)8-11-5-3-4-6-13(16)9-11/h7,9H,3-6,8H2,1-2H3. The van der Waals surface area contributed by atoms with Crippen LogP contribution in [0.1, 0.15) is 37.1 Å². The second-order valence-electron chi connectivity index (χ2n) is 4.55. The van der Waals surface area contributed by atoms with Crippen molar-refractivity contribution in [2.45, 2.75) is 39.0 Å². The molecule has 86 valence electrons. The molecule has 1 aromatic rings. The molecular weight excluding hydrogens is 200 g/mol. The van der Waals surface area contributed by atoms with Crippen molar-refractivity contribution in [2.75, 3.05) is 0 Å². The summed E-state index contributed by atoms with van der Waals surface area (Å²) < 4.78 is 1.91. The Morgan fingerprint density at radius 2 is 2.12 bits per heavy atom. The fraction of sp³-hybridized carbons (Fsp3) is 0.538. The van der Waals surface area contributed by atoms with E-state index in [2.05, 4.69) is 11.2 Å². The second-order valence-corrected chi connectivity index (χ2v) is 4.55. The van der Waals surface area contributed by atoms with Gasteiger partial charge in [-0.15, -0.1) is 0 Å². The molecule has 0 bridgehead atoms. The lowest BCUT2D eigenvalue weighted by atomic mass is 10.0. The van der Waals surface area contributed by atoms with Gasteiger partial charge in [0.15, 0.2) is 5.78 Å². The lowest BCUT2D eigenvalue weighted by Gasteiger charge is -2.04. The molecule has 0 atom stereocenters. The van der Waals surface area contributed by atoms with Crippen LogP contribution < -0.4 is 0 Å². The van der Waals surface area contributed by atoms with Crippen LogP contribution in [0.2, 0.25) is 0 Å². The summed E-state index contributed by atoms with van der Waals surface area (Å²) in [6.07, 6.45) is 6.64. The van der Waals surface area contributed by atoms with Gasteiger partial charge in [0.05, 0.1) is 5.69 Å². The van der Waals surface area contributed by atoms with Gasteiger partial charge in [0.1, 0.15) is 0 Å². The Morgan fingerprint density at radius 1 is 1.38 bits per heavy atom. The van der Waals surface area contributed by atoms with Crippen LogP contribution in [0, 0.1) is 6.92 Å². The number of allylic oxidation sites excluding steroid dienone is 2. The predicted octanol–water partition coefficient (Wildman–Crippen LogP) is 2.34. The molecule has 0 N–H and O–H groups in total. The number of hydrogen-bond donors (Lipinski definition) is 0. The molecule has 0 saturated heterocycles. The molecule has 1 heterocycles. The van der Waals surface area contributed by atoms with Crippen LogP contribution in [0.4, 0.5) is 0 Å². The Balaban J connectivity index is 2.14. The normalized spacial score (nSPS) is 17.1. The van der Waals surface area contributed by atoms with Crippen LogP contribution in [0.25, 0.3) is 0 Å². The van der Waals surface area contributed by atoms with E-state index >= 15 is 0 Å². The molecule has 0 fully saturated rings. The second kappa shape index (κ2) is 4.64. The molecule has 1 aliphatic carbocycles. The topological polar surface area (TPSA) is 34.9 Å². The molecule has 1 aromatic heterocycles. The lowest BCUT2D eigenvalue weighted by Crippen LogP contribution is -2.01. The minimum atomic E-state index is 0.284. The van der Waals surface area contributed by atoms with E-state index in [-0.39, 0.29) is 5.78 Å². The van der Waals surface area contributed by atoms with Gasteiger partial charge in [-0.1, -0.05) is 5.57 Å². The first-order valence-electron chi connectivity index (χ1n) is 5.87. The van der Waals surface area contributed by atoms with Gasteiger partial charge in [0.2, 0.25) is 0 Å². The van der Waals surface area contributed by atoms with Crippen molar-refractivity contribution in [2.24, 2.45) is 7.05 Å². The number of carbonyl (C=O) groups excluding carboxylic acids is 1. The van der Waals surface area contributed by atoms with Crippen LogP contribution in [0.3, 0.4) is 0 Å². The Kier molecular flexibility index (Phi) is 3.22. The maximum Gasteiger partial charge on any atom is 0.155 e. The summed E-state index contributed by atoms with van der Waals surface area (Å²) in [6.45, 7) is 2.00. The molecule has 3 heteroatoms. The van der Waals surface area contributed by atoms with Crippen molar-refractivity contribution in [3.8, 4) is 0 Å². The van der Waals surface area contributed by atoms with Crippen LogP contribution in [-0.2, 0) is 18.3 Å². The zero-order valence-corrected chi connectivity index (χ0v) is 9.99. The third kappa shape index (κ3) is 2.60. The lowest BCUT2D eigenvalue weighted by molar-refractivity contribution is -0.114. The highest BCUT2D eigenvalue weighted by Crippen LogP contribution is 2.19. The zero-order chi connectivity index (χ0) is 11.5. The molecule has 0 aromatic carbocycles. The number of nitrogens with zero attached hydrogens (tertiary/aromatic N) is 2. The van der Waals surface area contributed by atoms with Crippen molar-refractivity contribution in [1.82, 2.24) is 9.78 Å². The summed E-state index contributed by atoms with van der Waals surface area (Å²) in [6, 6.07) is 2.09. The van der Waals surface area contributed by atoms with E-state index in [4.69, 9.17) is 0 Å². The molecule has 0 aliphatic heterocycles. The number of aromatic nitrogens is 2. The molecule has 0 amide bonds. The van der Waals surface area contributed by atoms with Gasteiger partial charge in [-0.2, -0.15) is 5.10 Å². The average Bonchev–Trinajstić information content (AvgIpc) is 2.42. The third-order valence-electron chi connectivity index (χ3n) is 3.04. The minimum Gasteiger partial charge on any atom is -0.295 e. The molecule has 1 aliphatic rings. The van der Waals surface area contributed by atoms with Gasteiger partial charge >= 0.3 is 0 Å². The predicted molar refractivity (Wildman–Crippen MR) is 63.2 cm³/mol. The summed E-state index contributed by atoms with van der Waals surface area (Å²) >= 11 is 0. The highest BCUT2D eigenvalue weighted by molar-refractivity contribution is 5.90.